The molecular formula is C69H136O11. The molecule has 1 aromatic rings. The number of unbranched alkanes of at least 4 members (excludes halogenated alkanes) is 24. The third-order valence-electron chi connectivity index (χ3n) is 11.8. The lowest BCUT2D eigenvalue weighted by Gasteiger charge is -2.01. The van der Waals surface area contributed by atoms with E-state index in [1.807, 2.05) is 31.2 Å². The van der Waals surface area contributed by atoms with Crippen LogP contribution in [0, 0.1) is 6.92 Å². The second-order valence-electron chi connectivity index (χ2n) is 20.2. The van der Waals surface area contributed by atoms with Crippen LogP contribution in [0.2, 0.25) is 0 Å². The first kappa shape index (κ1) is 92.7. The van der Waals surface area contributed by atoms with Gasteiger partial charge in [0.05, 0.1) is 31.2 Å². The molecule has 0 amide bonds. The molecule has 3 rings (SSSR count). The number of hydrogen-bond acceptors (Lipinski definition) is 9. The minimum atomic E-state index is -1.31. The molecule has 0 aromatic heterocycles. The number of carboxylic acids is 2. The number of carbonyl (C=O) groups is 4. The summed E-state index contributed by atoms with van der Waals surface area (Å²) in [5.74, 6) is -2.65. The van der Waals surface area contributed by atoms with Gasteiger partial charge in [-0.1, -0.05) is 300 Å². The highest BCUT2D eigenvalue weighted by molar-refractivity contribution is 5.88. The minimum absolute atomic E-state index is 0. The van der Waals surface area contributed by atoms with Crippen molar-refractivity contribution < 1.29 is 53.8 Å². The maximum atomic E-state index is 10.7. The standard InChI is InChI=1S/C11H18O4.C9H18O.2C8H16O.C7H8.3C7H16.C3H4O4.2CH4/c1-2-3-4-5-6-10(13)9-15-11(14)7-8-12;1-3-5-6-7-8-9(10)4-2;2*1-2-3-4-5-6-8-7-9-8;1-7-5-3-2-4-6-7;3*1-3-5-7-6-4-2;4-2(5)1-3(6)7;;/h6,8,13H,2-5,7,9H2,1H3;8,10H,3-7H2,1-2H3;2*8H,2-7H2,1H3;2-6H,1H3;3*3-7H2,1-2H3;1H2,(H,4,5)(H,6,7);2*1H4. The van der Waals surface area contributed by atoms with Crippen molar-refractivity contribution in [1.29, 1.82) is 0 Å². The molecule has 2 fully saturated rings. The molecule has 0 bridgehead atoms. The van der Waals surface area contributed by atoms with E-state index in [4.69, 9.17) is 24.8 Å². The molecule has 0 saturated carbocycles. The van der Waals surface area contributed by atoms with Gasteiger partial charge in [-0.05, 0) is 57.6 Å². The van der Waals surface area contributed by atoms with Crippen LogP contribution < -0.4 is 0 Å². The Kier molecular flexibility index (Phi) is 97.5. The summed E-state index contributed by atoms with van der Waals surface area (Å²) in [6.07, 6.45) is 48.5. The number of benzene rings is 1. The molecule has 4 N–H and O–H groups in total. The number of aryl methyl sites for hydroxylation is 1. The molecule has 11 heteroatoms. The Labute approximate surface area is 496 Å². The predicted molar refractivity (Wildman–Crippen MR) is 346 cm³/mol. The lowest BCUT2D eigenvalue weighted by molar-refractivity contribution is -0.147. The van der Waals surface area contributed by atoms with Crippen LogP contribution in [0.4, 0.5) is 0 Å². The van der Waals surface area contributed by atoms with Gasteiger partial charge in [0.2, 0.25) is 0 Å². The third-order valence-corrected chi connectivity index (χ3v) is 11.8. The van der Waals surface area contributed by atoms with E-state index < -0.39 is 24.3 Å². The molecule has 11 nitrogen and oxygen atoms in total. The molecule has 80 heavy (non-hydrogen) atoms. The van der Waals surface area contributed by atoms with E-state index in [-0.39, 0.29) is 33.6 Å². The first-order valence-corrected chi connectivity index (χ1v) is 31.7. The molecule has 478 valence electrons. The van der Waals surface area contributed by atoms with E-state index in [2.05, 4.69) is 93.0 Å². The van der Waals surface area contributed by atoms with Gasteiger partial charge < -0.3 is 39.4 Å². The van der Waals surface area contributed by atoms with Gasteiger partial charge in [0.15, 0.2) is 0 Å². The lowest BCUT2D eigenvalue weighted by Crippen LogP contribution is -2.07. The van der Waals surface area contributed by atoms with Crippen LogP contribution in [0.15, 0.2) is 54.0 Å². The Balaban J connectivity index is -0.000000123. The van der Waals surface area contributed by atoms with Gasteiger partial charge in [-0.3, -0.25) is 14.4 Å². The highest BCUT2D eigenvalue weighted by atomic mass is 16.6. The van der Waals surface area contributed by atoms with Crippen molar-refractivity contribution in [2.45, 2.75) is 341 Å². The van der Waals surface area contributed by atoms with E-state index in [1.54, 1.807) is 6.08 Å². The Morgan fingerprint density at radius 1 is 0.475 bits per heavy atom. The van der Waals surface area contributed by atoms with Gasteiger partial charge in [0, 0.05) is 6.42 Å². The Morgan fingerprint density at radius 2 is 0.775 bits per heavy atom. The second-order valence-corrected chi connectivity index (χ2v) is 20.2. The molecule has 1 aromatic carbocycles. The largest absolute Gasteiger partial charge is 0.513 e. The molecular weight excluding hydrogens is 1000 g/mol. The van der Waals surface area contributed by atoms with Crippen LogP contribution in [0.25, 0.3) is 0 Å². The molecule has 2 unspecified atom stereocenters. The Hall–Kier alpha value is -3.70. The zero-order valence-electron chi connectivity index (χ0n) is 53.0. The molecule has 0 aliphatic carbocycles. The summed E-state index contributed by atoms with van der Waals surface area (Å²) in [7, 11) is 0. The maximum absolute atomic E-state index is 10.7. The number of aliphatic carboxylic acids is 2. The molecule has 2 atom stereocenters. The van der Waals surface area contributed by atoms with E-state index in [0.717, 1.165) is 51.7 Å². The number of carbonyl (C=O) groups excluding carboxylic acids is 2. The SMILES string of the molecule is C.C.CCCCCC=C(O)CC.CCCCCC=C(O)COC(=O)CC=O.CCCCCCC.CCCCCCC.CCCCCCC.CCCCCCC1CO1.CCCCCCC1CO1.Cc1ccccc1.O=C(O)CC(=O)O. The first-order valence-electron chi connectivity index (χ1n) is 31.7. The van der Waals surface area contributed by atoms with E-state index >= 15 is 0 Å². The van der Waals surface area contributed by atoms with Crippen molar-refractivity contribution in [3.8, 4) is 0 Å². The second kappa shape index (κ2) is 84.1. The zero-order valence-corrected chi connectivity index (χ0v) is 53.0. The predicted octanol–water partition coefficient (Wildman–Crippen LogP) is 22.0. The summed E-state index contributed by atoms with van der Waals surface area (Å²) in [6.45, 7) is 28.2. The summed E-state index contributed by atoms with van der Waals surface area (Å²) in [4.78, 5) is 39.5. The van der Waals surface area contributed by atoms with Crippen molar-refractivity contribution >= 4 is 24.2 Å². The maximum Gasteiger partial charge on any atom is 0.314 e. The first-order chi connectivity index (χ1) is 37.6. The Bertz CT molecular complexity index is 1310. The topological polar surface area (TPSA) is 183 Å². The molecule has 0 radical (unpaired) electrons. The van der Waals surface area contributed by atoms with Crippen LogP contribution >= 0.6 is 0 Å². The average molecular weight is 1140 g/mol. The van der Waals surface area contributed by atoms with Crippen LogP contribution in [-0.4, -0.2) is 76.6 Å². The number of allylic oxidation sites excluding steroid dienone is 3. The lowest BCUT2D eigenvalue weighted by atomic mass is 10.1. The summed E-state index contributed by atoms with van der Waals surface area (Å²) in [5, 5.41) is 33.7. The molecule has 2 saturated heterocycles. The highest BCUT2D eigenvalue weighted by Crippen LogP contribution is 2.18. The number of aldehydes is 1. The number of ether oxygens (including phenoxy) is 3. The van der Waals surface area contributed by atoms with Gasteiger partial charge >= 0.3 is 17.9 Å². The van der Waals surface area contributed by atoms with Crippen molar-refractivity contribution in [2.24, 2.45) is 0 Å². The summed E-state index contributed by atoms with van der Waals surface area (Å²) >= 11 is 0. The quantitative estimate of drug-likeness (QED) is 0.0124. The van der Waals surface area contributed by atoms with E-state index in [9.17, 15) is 24.3 Å². The van der Waals surface area contributed by atoms with Crippen molar-refractivity contribution in [3.63, 3.8) is 0 Å². The number of epoxide rings is 2. The Morgan fingerprint density at radius 3 is 1.01 bits per heavy atom. The average Bonchev–Trinajstić information content (AvgIpc) is 4.38. The van der Waals surface area contributed by atoms with Gasteiger partial charge in [-0.2, -0.15) is 0 Å². The molecule has 2 heterocycles. The van der Waals surface area contributed by atoms with Crippen LogP contribution in [-0.2, 0) is 33.4 Å². The van der Waals surface area contributed by atoms with Crippen LogP contribution in [0.1, 0.15) is 328 Å². The fourth-order valence-corrected chi connectivity index (χ4v) is 6.57. The van der Waals surface area contributed by atoms with Gasteiger partial charge in [0.25, 0.3) is 0 Å². The number of aliphatic hydroxyl groups excluding tert-OH is 2. The number of rotatable bonds is 37. The van der Waals surface area contributed by atoms with Crippen LogP contribution in [0.5, 0.6) is 0 Å². The highest BCUT2D eigenvalue weighted by Gasteiger charge is 2.21. The summed E-state index contributed by atoms with van der Waals surface area (Å²) in [6, 6.07) is 10.3. The fourth-order valence-electron chi connectivity index (χ4n) is 6.57. The monoisotopic (exact) mass is 1140 g/mol. The number of aliphatic hydroxyl groups is 2. The number of esters is 1. The van der Waals surface area contributed by atoms with Crippen molar-refractivity contribution in [3.05, 3.63) is 59.6 Å². The summed E-state index contributed by atoms with van der Waals surface area (Å²) in [5.41, 5.74) is 1.32. The molecule has 2 aliphatic rings. The normalized spacial score (nSPS) is 13.0. The van der Waals surface area contributed by atoms with Crippen LogP contribution in [0.3, 0.4) is 0 Å². The smallest absolute Gasteiger partial charge is 0.314 e. The van der Waals surface area contributed by atoms with E-state index in [1.165, 1.54) is 185 Å². The minimum Gasteiger partial charge on any atom is -0.513 e. The summed E-state index contributed by atoms with van der Waals surface area (Å²) < 4.78 is 14.8. The van der Waals surface area contributed by atoms with Gasteiger partial charge in [-0.15, -0.1) is 0 Å². The third kappa shape index (κ3) is 110. The van der Waals surface area contributed by atoms with Gasteiger partial charge in [0.1, 0.15) is 31.5 Å². The fraction of sp³-hybridized carbons (Fsp3) is 0.797. The molecule has 2 aliphatic heterocycles. The zero-order chi connectivity index (χ0) is 60.0. The van der Waals surface area contributed by atoms with Crippen molar-refractivity contribution in [2.75, 3.05) is 19.8 Å². The van der Waals surface area contributed by atoms with Gasteiger partial charge in [-0.25, -0.2) is 0 Å². The van der Waals surface area contributed by atoms with E-state index in [0.29, 0.717) is 24.3 Å². The van der Waals surface area contributed by atoms with Crippen molar-refractivity contribution in [1.82, 2.24) is 0 Å². The molecule has 0 spiro atoms. The number of hydrogen-bond donors (Lipinski definition) is 4. The number of carboxylic acid groups (broad SMARTS) is 2.